The molecule has 1 N–H and O–H groups in total. The second-order valence-corrected chi connectivity index (χ2v) is 4.12. The van der Waals surface area contributed by atoms with Gasteiger partial charge >= 0.3 is 0 Å². The summed E-state index contributed by atoms with van der Waals surface area (Å²) in [6.45, 7) is 2.39. The van der Waals surface area contributed by atoms with Crippen LogP contribution in [-0.4, -0.2) is 6.54 Å². The molecule has 96 valence electrons. The lowest BCUT2D eigenvalue weighted by Crippen LogP contribution is -2.24. The van der Waals surface area contributed by atoms with Gasteiger partial charge in [-0.1, -0.05) is 13.0 Å². The number of benzene rings is 1. The predicted octanol–water partition coefficient (Wildman–Crippen LogP) is 3.91. The van der Waals surface area contributed by atoms with Crippen LogP contribution in [0.4, 0.5) is 8.78 Å². The lowest BCUT2D eigenvalue weighted by Gasteiger charge is -2.18. The summed E-state index contributed by atoms with van der Waals surface area (Å²) in [5, 5.41) is 3.13. The third-order valence-corrected chi connectivity index (χ3v) is 2.96. The fraction of sp³-hybridized carbons (Fsp3) is 0.231. The monoisotopic (exact) mass is 271 g/mol. The van der Waals surface area contributed by atoms with Gasteiger partial charge < -0.3 is 9.73 Å². The lowest BCUT2D eigenvalue weighted by atomic mass is 10.00. The van der Waals surface area contributed by atoms with Crippen LogP contribution in [0.1, 0.15) is 24.1 Å². The third kappa shape index (κ3) is 2.40. The molecule has 1 atom stereocenters. The zero-order chi connectivity index (χ0) is 13.1. The molecule has 0 bridgehead atoms. The second-order valence-electron chi connectivity index (χ2n) is 3.78. The van der Waals surface area contributed by atoms with Gasteiger partial charge in [0, 0.05) is 11.1 Å². The molecule has 0 aliphatic carbocycles. The van der Waals surface area contributed by atoms with E-state index in [9.17, 15) is 8.78 Å². The van der Waals surface area contributed by atoms with Crippen LogP contribution in [0.3, 0.4) is 0 Å². The molecule has 1 heterocycles. The van der Waals surface area contributed by atoms with Gasteiger partial charge in [0.25, 0.3) is 0 Å². The van der Waals surface area contributed by atoms with Gasteiger partial charge in [-0.15, -0.1) is 0 Å². The van der Waals surface area contributed by atoms with Gasteiger partial charge in [-0.25, -0.2) is 8.78 Å². The van der Waals surface area contributed by atoms with Crippen molar-refractivity contribution in [1.82, 2.24) is 5.32 Å². The Hall–Kier alpha value is -1.39. The van der Waals surface area contributed by atoms with E-state index in [1.807, 2.05) is 6.92 Å². The van der Waals surface area contributed by atoms with Crippen molar-refractivity contribution >= 4 is 11.6 Å². The van der Waals surface area contributed by atoms with Crippen molar-refractivity contribution in [2.45, 2.75) is 13.0 Å². The van der Waals surface area contributed by atoms with Crippen molar-refractivity contribution in [2.75, 3.05) is 6.54 Å². The zero-order valence-corrected chi connectivity index (χ0v) is 10.5. The van der Waals surface area contributed by atoms with E-state index < -0.39 is 17.7 Å². The van der Waals surface area contributed by atoms with Gasteiger partial charge in [-0.3, -0.25) is 0 Å². The second kappa shape index (κ2) is 5.50. The van der Waals surface area contributed by atoms with Gasteiger partial charge in [-0.2, -0.15) is 0 Å². The Morgan fingerprint density at radius 3 is 2.44 bits per heavy atom. The number of hydrogen-bond donors (Lipinski definition) is 1. The molecule has 1 unspecified atom stereocenters. The Bertz CT molecular complexity index is 521. The molecule has 0 aliphatic heterocycles. The normalized spacial score (nSPS) is 12.7. The first-order valence-corrected chi connectivity index (χ1v) is 5.93. The minimum Gasteiger partial charge on any atom is -0.453 e. The van der Waals surface area contributed by atoms with E-state index in [0.29, 0.717) is 12.1 Å². The van der Waals surface area contributed by atoms with E-state index in [-0.39, 0.29) is 10.8 Å². The predicted molar refractivity (Wildman–Crippen MR) is 65.6 cm³/mol. The molecule has 18 heavy (non-hydrogen) atoms. The number of nitrogens with one attached hydrogen (secondary N) is 1. The molecule has 0 radical (unpaired) electrons. The molecule has 2 rings (SSSR count). The van der Waals surface area contributed by atoms with E-state index in [1.54, 1.807) is 6.07 Å². The van der Waals surface area contributed by atoms with Gasteiger partial charge in [0.1, 0.15) is 11.6 Å². The van der Waals surface area contributed by atoms with Gasteiger partial charge in [0.2, 0.25) is 0 Å². The first kappa shape index (κ1) is 13.1. The van der Waals surface area contributed by atoms with E-state index in [2.05, 4.69) is 5.32 Å². The van der Waals surface area contributed by atoms with Crippen molar-refractivity contribution in [1.29, 1.82) is 0 Å². The Morgan fingerprint density at radius 1 is 1.28 bits per heavy atom. The van der Waals surface area contributed by atoms with Crippen molar-refractivity contribution in [3.63, 3.8) is 0 Å². The van der Waals surface area contributed by atoms with Crippen LogP contribution in [0.15, 0.2) is 34.9 Å². The topological polar surface area (TPSA) is 25.2 Å². The Morgan fingerprint density at radius 2 is 1.94 bits per heavy atom. The molecule has 1 aromatic carbocycles. The summed E-state index contributed by atoms with van der Waals surface area (Å²) < 4.78 is 32.6. The zero-order valence-electron chi connectivity index (χ0n) is 9.71. The van der Waals surface area contributed by atoms with Crippen LogP contribution < -0.4 is 5.32 Å². The summed E-state index contributed by atoms with van der Waals surface area (Å²) in [5.74, 6) is -1.23. The minimum atomic E-state index is -0.664. The standard InChI is InChI=1S/C13H12ClF2NO/c1-2-17-12(8-6-7-18-13(8)14)11-9(15)4-3-5-10(11)16/h3-7,12,17H,2H2,1H3. The van der Waals surface area contributed by atoms with Gasteiger partial charge in [0.05, 0.1) is 12.3 Å². The van der Waals surface area contributed by atoms with Crippen molar-refractivity contribution in [3.8, 4) is 0 Å². The highest BCUT2D eigenvalue weighted by Gasteiger charge is 2.24. The molecule has 5 heteroatoms. The summed E-state index contributed by atoms with van der Waals surface area (Å²) in [6.07, 6.45) is 1.39. The first-order valence-electron chi connectivity index (χ1n) is 5.55. The Kier molecular flexibility index (Phi) is 3.99. The van der Waals surface area contributed by atoms with E-state index >= 15 is 0 Å². The van der Waals surface area contributed by atoms with Crippen LogP contribution in [0.5, 0.6) is 0 Å². The average molecular weight is 272 g/mol. The SMILES string of the molecule is CCNC(c1ccoc1Cl)c1c(F)cccc1F. The summed E-state index contributed by atoms with van der Waals surface area (Å²) >= 11 is 5.87. The van der Waals surface area contributed by atoms with Crippen LogP contribution in [0.25, 0.3) is 0 Å². The number of furan rings is 1. The molecule has 1 aromatic heterocycles. The highest BCUT2D eigenvalue weighted by atomic mass is 35.5. The Labute approximate surface area is 109 Å². The summed E-state index contributed by atoms with van der Waals surface area (Å²) in [6, 6.07) is 4.70. The molecule has 2 aromatic rings. The summed E-state index contributed by atoms with van der Waals surface area (Å²) in [5.41, 5.74) is 0.463. The minimum absolute atomic E-state index is 0.0531. The molecular weight excluding hydrogens is 260 g/mol. The van der Waals surface area contributed by atoms with E-state index in [1.165, 1.54) is 24.5 Å². The van der Waals surface area contributed by atoms with Crippen molar-refractivity contribution < 1.29 is 13.2 Å². The quantitative estimate of drug-likeness (QED) is 0.912. The third-order valence-electron chi connectivity index (χ3n) is 2.65. The first-order chi connectivity index (χ1) is 8.65. The maximum absolute atomic E-state index is 13.8. The molecule has 0 fully saturated rings. The number of hydrogen-bond acceptors (Lipinski definition) is 2. The van der Waals surface area contributed by atoms with Crippen molar-refractivity contribution in [2.24, 2.45) is 0 Å². The number of rotatable bonds is 4. The van der Waals surface area contributed by atoms with Crippen molar-refractivity contribution in [3.05, 3.63) is 58.5 Å². The van der Waals surface area contributed by atoms with Gasteiger partial charge in [0.15, 0.2) is 5.22 Å². The molecule has 0 aliphatic rings. The fourth-order valence-electron chi connectivity index (χ4n) is 1.87. The maximum atomic E-state index is 13.8. The fourth-order valence-corrected chi connectivity index (χ4v) is 2.09. The van der Waals surface area contributed by atoms with E-state index in [0.717, 1.165) is 0 Å². The lowest BCUT2D eigenvalue weighted by molar-refractivity contribution is 0.504. The maximum Gasteiger partial charge on any atom is 0.198 e. The molecule has 0 saturated heterocycles. The number of halogens is 3. The molecule has 0 saturated carbocycles. The highest BCUT2D eigenvalue weighted by molar-refractivity contribution is 6.29. The molecular formula is C13H12ClF2NO. The smallest absolute Gasteiger partial charge is 0.198 e. The largest absolute Gasteiger partial charge is 0.453 e. The highest BCUT2D eigenvalue weighted by Crippen LogP contribution is 2.31. The van der Waals surface area contributed by atoms with Crippen LogP contribution in [-0.2, 0) is 0 Å². The Balaban J connectivity index is 2.52. The van der Waals surface area contributed by atoms with Crippen LogP contribution in [0.2, 0.25) is 5.22 Å². The molecule has 0 spiro atoms. The van der Waals surface area contributed by atoms with Crippen LogP contribution in [0, 0.1) is 11.6 Å². The summed E-state index contributed by atoms with van der Waals surface area (Å²) in [7, 11) is 0. The van der Waals surface area contributed by atoms with Gasteiger partial charge in [-0.05, 0) is 36.3 Å². The van der Waals surface area contributed by atoms with E-state index in [4.69, 9.17) is 16.0 Å². The summed E-state index contributed by atoms with van der Waals surface area (Å²) in [4.78, 5) is 0. The van der Waals surface area contributed by atoms with Crippen LogP contribution >= 0.6 is 11.6 Å². The molecule has 2 nitrogen and oxygen atoms in total. The molecule has 0 amide bonds. The average Bonchev–Trinajstić information content (AvgIpc) is 2.74.